The van der Waals surface area contributed by atoms with Crippen LogP contribution in [0.15, 0.2) is 42.5 Å². The molecule has 168 valence electrons. The van der Waals surface area contributed by atoms with Crippen LogP contribution in [0.2, 0.25) is 10.0 Å². The van der Waals surface area contributed by atoms with Crippen LogP contribution < -0.4 is 10.1 Å². The van der Waals surface area contributed by atoms with Gasteiger partial charge in [-0.15, -0.1) is 11.8 Å². The van der Waals surface area contributed by atoms with Crippen LogP contribution in [0.3, 0.4) is 0 Å². The molecule has 0 aliphatic carbocycles. The average Bonchev–Trinajstić information content (AvgIpc) is 2.78. The molecule has 1 N–H and O–H groups in total. The molecule has 0 fully saturated rings. The summed E-state index contributed by atoms with van der Waals surface area (Å²) in [5.41, 5.74) is 1.92. The maximum absolute atomic E-state index is 13.1. The number of nitrogens with zero attached hydrogens (tertiary/aromatic N) is 1. The van der Waals surface area contributed by atoms with Gasteiger partial charge in [-0.3, -0.25) is 9.59 Å². The molecule has 31 heavy (non-hydrogen) atoms. The van der Waals surface area contributed by atoms with Crippen molar-refractivity contribution in [3.8, 4) is 5.75 Å². The van der Waals surface area contributed by atoms with Crippen LogP contribution in [0.1, 0.15) is 31.4 Å². The predicted molar refractivity (Wildman–Crippen MR) is 129 cm³/mol. The zero-order valence-electron chi connectivity index (χ0n) is 18.0. The summed E-state index contributed by atoms with van der Waals surface area (Å²) in [6.45, 7) is 4.68. The number of carbonyl (C=O) groups excluding carboxylic acids is 2. The molecule has 0 heterocycles. The first kappa shape index (κ1) is 25.4. The van der Waals surface area contributed by atoms with Gasteiger partial charge in [-0.1, -0.05) is 48.3 Å². The minimum absolute atomic E-state index is 0.0972. The summed E-state index contributed by atoms with van der Waals surface area (Å²) in [4.78, 5) is 27.2. The summed E-state index contributed by atoms with van der Waals surface area (Å²) in [5.74, 6) is 1.36. The van der Waals surface area contributed by atoms with E-state index in [0.717, 1.165) is 23.3 Å². The Morgan fingerprint density at radius 1 is 1.10 bits per heavy atom. The molecule has 8 heteroatoms. The van der Waals surface area contributed by atoms with Crippen molar-refractivity contribution >= 4 is 46.8 Å². The van der Waals surface area contributed by atoms with E-state index < -0.39 is 6.04 Å². The quantitative estimate of drug-likeness (QED) is 0.479. The third-order valence-electron chi connectivity index (χ3n) is 4.71. The second kappa shape index (κ2) is 12.8. The highest BCUT2D eigenvalue weighted by atomic mass is 35.5. The molecule has 2 rings (SSSR count). The van der Waals surface area contributed by atoms with E-state index in [-0.39, 0.29) is 17.6 Å². The van der Waals surface area contributed by atoms with Gasteiger partial charge in [-0.2, -0.15) is 0 Å². The molecule has 0 radical (unpaired) electrons. The van der Waals surface area contributed by atoms with Crippen LogP contribution in [0.4, 0.5) is 0 Å². The van der Waals surface area contributed by atoms with Crippen molar-refractivity contribution in [2.45, 2.75) is 38.6 Å². The number of hydrogen-bond acceptors (Lipinski definition) is 4. The Labute approximate surface area is 198 Å². The van der Waals surface area contributed by atoms with Crippen molar-refractivity contribution in [2.75, 3.05) is 19.4 Å². The van der Waals surface area contributed by atoms with E-state index in [4.69, 9.17) is 27.9 Å². The molecule has 2 amide bonds. The van der Waals surface area contributed by atoms with E-state index in [1.165, 1.54) is 11.8 Å². The summed E-state index contributed by atoms with van der Waals surface area (Å²) in [6, 6.07) is 12.4. The third kappa shape index (κ3) is 7.95. The van der Waals surface area contributed by atoms with E-state index in [1.54, 1.807) is 31.1 Å². The van der Waals surface area contributed by atoms with Gasteiger partial charge in [0.05, 0.1) is 22.9 Å². The van der Waals surface area contributed by atoms with Gasteiger partial charge < -0.3 is 15.0 Å². The van der Waals surface area contributed by atoms with Gasteiger partial charge in [0.1, 0.15) is 11.8 Å². The number of benzene rings is 2. The number of rotatable bonds is 11. The second-order valence-corrected chi connectivity index (χ2v) is 8.88. The molecular weight excluding hydrogens is 455 g/mol. The number of carbonyl (C=O) groups is 2. The third-order valence-corrected chi connectivity index (χ3v) is 6.43. The smallest absolute Gasteiger partial charge is 0.242 e. The molecule has 0 unspecified atom stereocenters. The van der Waals surface area contributed by atoms with E-state index in [0.29, 0.717) is 28.9 Å². The fourth-order valence-corrected chi connectivity index (χ4v) is 4.05. The molecule has 2 aromatic rings. The molecule has 0 aliphatic heterocycles. The van der Waals surface area contributed by atoms with Gasteiger partial charge in [-0.25, -0.2) is 0 Å². The Morgan fingerprint density at radius 2 is 1.77 bits per heavy atom. The lowest BCUT2D eigenvalue weighted by molar-refractivity contribution is -0.138. The van der Waals surface area contributed by atoms with E-state index in [1.807, 2.05) is 37.3 Å². The number of nitrogens with one attached hydrogen (secondary N) is 1. The number of thioether (sulfide) groups is 1. The van der Waals surface area contributed by atoms with Crippen LogP contribution in [-0.4, -0.2) is 42.2 Å². The van der Waals surface area contributed by atoms with E-state index >= 15 is 0 Å². The predicted octanol–water partition coefficient (Wildman–Crippen LogP) is 5.18. The molecule has 0 saturated heterocycles. The van der Waals surface area contributed by atoms with Gasteiger partial charge >= 0.3 is 0 Å². The maximum Gasteiger partial charge on any atom is 0.242 e. The standard InChI is InChI=1S/C23H28Cl2N2O3S/c1-4-11-26-23(29)16(2)27(13-17-5-8-19(30-3)9-6-17)22(28)15-31-14-18-7-10-20(24)21(25)12-18/h5-10,12,16H,4,11,13-15H2,1-3H3,(H,26,29)/t16-/m0/s1. The van der Waals surface area contributed by atoms with Crippen molar-refractivity contribution in [1.29, 1.82) is 0 Å². The van der Waals surface area contributed by atoms with Crippen LogP contribution >= 0.6 is 35.0 Å². The summed E-state index contributed by atoms with van der Waals surface area (Å²) in [7, 11) is 1.61. The first-order chi connectivity index (χ1) is 14.8. The molecule has 0 saturated carbocycles. The van der Waals surface area contributed by atoms with Gasteiger partial charge in [0.25, 0.3) is 0 Å². The lowest BCUT2D eigenvalue weighted by Crippen LogP contribution is -2.48. The molecular formula is C23H28Cl2N2O3S. The molecule has 2 aromatic carbocycles. The summed E-state index contributed by atoms with van der Waals surface area (Å²) < 4.78 is 5.20. The number of halogens is 2. The number of amides is 2. The molecule has 1 atom stereocenters. The fourth-order valence-electron chi connectivity index (χ4n) is 2.87. The monoisotopic (exact) mass is 482 g/mol. The molecule has 0 bridgehead atoms. The van der Waals surface area contributed by atoms with Crippen LogP contribution in [0.25, 0.3) is 0 Å². The zero-order valence-corrected chi connectivity index (χ0v) is 20.3. The van der Waals surface area contributed by atoms with Crippen LogP contribution in [0, 0.1) is 0 Å². The van der Waals surface area contributed by atoms with E-state index in [9.17, 15) is 9.59 Å². The van der Waals surface area contributed by atoms with Crippen molar-refractivity contribution in [3.05, 3.63) is 63.6 Å². The lowest BCUT2D eigenvalue weighted by Gasteiger charge is -2.28. The molecule has 5 nitrogen and oxygen atoms in total. The molecule has 0 aliphatic rings. The van der Waals surface area contributed by atoms with Gasteiger partial charge in [0, 0.05) is 18.8 Å². The summed E-state index contributed by atoms with van der Waals surface area (Å²) in [5, 5.41) is 3.88. The molecule has 0 aromatic heterocycles. The lowest BCUT2D eigenvalue weighted by atomic mass is 10.1. The van der Waals surface area contributed by atoms with Gasteiger partial charge in [0.2, 0.25) is 11.8 Å². The Morgan fingerprint density at radius 3 is 2.39 bits per heavy atom. The highest BCUT2D eigenvalue weighted by Crippen LogP contribution is 2.25. The van der Waals surface area contributed by atoms with Crippen LogP contribution in [0.5, 0.6) is 5.75 Å². The fraction of sp³-hybridized carbons (Fsp3) is 0.391. The zero-order chi connectivity index (χ0) is 22.8. The number of methoxy groups -OCH3 is 1. The van der Waals surface area contributed by atoms with Crippen molar-refractivity contribution in [2.24, 2.45) is 0 Å². The van der Waals surface area contributed by atoms with Crippen molar-refractivity contribution < 1.29 is 14.3 Å². The highest BCUT2D eigenvalue weighted by molar-refractivity contribution is 7.99. The Hall–Kier alpha value is -1.89. The second-order valence-electron chi connectivity index (χ2n) is 7.08. The topological polar surface area (TPSA) is 58.6 Å². The normalized spacial score (nSPS) is 11.6. The highest BCUT2D eigenvalue weighted by Gasteiger charge is 2.25. The largest absolute Gasteiger partial charge is 0.497 e. The minimum Gasteiger partial charge on any atom is -0.497 e. The van der Waals surface area contributed by atoms with Crippen molar-refractivity contribution in [3.63, 3.8) is 0 Å². The average molecular weight is 483 g/mol. The first-order valence-corrected chi connectivity index (χ1v) is 12.0. The Kier molecular flexibility index (Phi) is 10.5. The summed E-state index contributed by atoms with van der Waals surface area (Å²) in [6.07, 6.45) is 0.838. The summed E-state index contributed by atoms with van der Waals surface area (Å²) >= 11 is 13.5. The first-order valence-electron chi connectivity index (χ1n) is 10.1. The molecule has 0 spiro atoms. The van der Waals surface area contributed by atoms with Gasteiger partial charge in [0.15, 0.2) is 0 Å². The SMILES string of the molecule is CCCNC(=O)[C@H](C)N(Cc1ccc(OC)cc1)C(=O)CSCc1ccc(Cl)c(Cl)c1. The minimum atomic E-state index is -0.577. The number of hydrogen-bond donors (Lipinski definition) is 1. The van der Waals surface area contributed by atoms with Crippen molar-refractivity contribution in [1.82, 2.24) is 10.2 Å². The Balaban J connectivity index is 2.06. The van der Waals surface area contributed by atoms with E-state index in [2.05, 4.69) is 5.32 Å². The van der Waals surface area contributed by atoms with Gasteiger partial charge in [-0.05, 0) is 48.7 Å². The van der Waals surface area contributed by atoms with Crippen LogP contribution in [-0.2, 0) is 21.9 Å². The Bertz CT molecular complexity index is 878. The number of ether oxygens (including phenoxy) is 1. The maximum atomic E-state index is 13.1.